The normalized spacial score (nSPS) is 9.25. The van der Waals surface area contributed by atoms with E-state index in [1.54, 1.807) is 13.0 Å². The van der Waals surface area contributed by atoms with Gasteiger partial charge in [0.05, 0.1) is 0 Å². The van der Waals surface area contributed by atoms with Gasteiger partial charge in [-0.25, -0.2) is 4.39 Å². The van der Waals surface area contributed by atoms with E-state index in [1.165, 1.54) is 11.6 Å². The van der Waals surface area contributed by atoms with E-state index >= 15 is 0 Å². The molecule has 0 aromatic heterocycles. The summed E-state index contributed by atoms with van der Waals surface area (Å²) in [5.41, 5.74) is 3.14. The van der Waals surface area contributed by atoms with Gasteiger partial charge >= 0.3 is 0 Å². The third-order valence-corrected chi connectivity index (χ3v) is 2.25. The first kappa shape index (κ1) is 12.4. The van der Waals surface area contributed by atoms with Gasteiger partial charge in [-0.2, -0.15) is 0 Å². The Bertz CT molecular complexity index is 432. The van der Waals surface area contributed by atoms with Crippen LogP contribution in [0.1, 0.15) is 16.7 Å². The molecule has 0 unspecified atom stereocenters. The number of benzene rings is 2. The molecule has 0 N–H and O–H groups in total. The van der Waals surface area contributed by atoms with Crippen molar-refractivity contribution in [2.24, 2.45) is 0 Å². The zero-order valence-electron chi connectivity index (χ0n) is 10.00. The summed E-state index contributed by atoms with van der Waals surface area (Å²) < 4.78 is 12.5. The van der Waals surface area contributed by atoms with Crippen LogP contribution in [0.3, 0.4) is 0 Å². The zero-order valence-corrected chi connectivity index (χ0v) is 10.00. The van der Waals surface area contributed by atoms with Crippen molar-refractivity contribution in [1.29, 1.82) is 0 Å². The quantitative estimate of drug-likeness (QED) is 0.610. The van der Waals surface area contributed by atoms with Crippen LogP contribution in [0.25, 0.3) is 0 Å². The smallest absolute Gasteiger partial charge is 0.126 e. The fourth-order valence-electron chi connectivity index (χ4n) is 1.33. The molecule has 0 saturated carbocycles. The van der Waals surface area contributed by atoms with Gasteiger partial charge in [-0.3, -0.25) is 0 Å². The van der Waals surface area contributed by atoms with Crippen LogP contribution < -0.4 is 0 Å². The SMILES string of the molecule is Cc1ccc(F)c(C)c1.Cc1ccccc1. The van der Waals surface area contributed by atoms with Crippen molar-refractivity contribution in [3.63, 3.8) is 0 Å². The molecular formula is C15H17F. The third kappa shape index (κ3) is 4.26. The Kier molecular flexibility index (Phi) is 4.71. The summed E-state index contributed by atoms with van der Waals surface area (Å²) in [6.45, 7) is 5.80. The van der Waals surface area contributed by atoms with Crippen LogP contribution in [0.4, 0.5) is 4.39 Å². The minimum Gasteiger partial charge on any atom is -0.207 e. The van der Waals surface area contributed by atoms with Gasteiger partial charge in [-0.05, 0) is 32.4 Å². The van der Waals surface area contributed by atoms with Crippen LogP contribution in [-0.4, -0.2) is 0 Å². The molecule has 0 bridgehead atoms. The largest absolute Gasteiger partial charge is 0.207 e. The van der Waals surface area contributed by atoms with Gasteiger partial charge in [0, 0.05) is 0 Å². The first-order valence-electron chi connectivity index (χ1n) is 5.34. The topological polar surface area (TPSA) is 0 Å². The van der Waals surface area contributed by atoms with Crippen molar-refractivity contribution >= 4 is 0 Å². The van der Waals surface area contributed by atoms with Crippen molar-refractivity contribution in [2.45, 2.75) is 20.8 Å². The fraction of sp³-hybridized carbons (Fsp3) is 0.200. The Hall–Kier alpha value is -1.63. The van der Waals surface area contributed by atoms with E-state index in [9.17, 15) is 4.39 Å². The molecule has 16 heavy (non-hydrogen) atoms. The van der Waals surface area contributed by atoms with Gasteiger partial charge in [-0.1, -0.05) is 53.6 Å². The van der Waals surface area contributed by atoms with E-state index in [1.807, 2.05) is 31.2 Å². The molecule has 2 aromatic rings. The van der Waals surface area contributed by atoms with Crippen LogP contribution >= 0.6 is 0 Å². The molecule has 0 aliphatic carbocycles. The summed E-state index contributed by atoms with van der Waals surface area (Å²) in [5, 5.41) is 0. The molecular weight excluding hydrogens is 199 g/mol. The van der Waals surface area contributed by atoms with Crippen molar-refractivity contribution in [3.8, 4) is 0 Å². The highest BCUT2D eigenvalue weighted by atomic mass is 19.1. The van der Waals surface area contributed by atoms with Gasteiger partial charge < -0.3 is 0 Å². The van der Waals surface area contributed by atoms with Crippen molar-refractivity contribution in [1.82, 2.24) is 0 Å². The monoisotopic (exact) mass is 216 g/mol. The Balaban J connectivity index is 0.000000165. The molecule has 0 saturated heterocycles. The van der Waals surface area contributed by atoms with E-state index in [2.05, 4.69) is 19.1 Å². The second-order valence-corrected chi connectivity index (χ2v) is 3.91. The number of hydrogen-bond acceptors (Lipinski definition) is 0. The molecule has 0 amide bonds. The lowest BCUT2D eigenvalue weighted by Gasteiger charge is -1.95. The van der Waals surface area contributed by atoms with Gasteiger partial charge in [0.25, 0.3) is 0 Å². The standard InChI is InChI=1S/C8H9F.C7H8/c1-6-3-4-8(9)7(2)5-6;1-7-5-3-2-4-6-7/h3-5H,1-2H3;2-6H,1H3. The minimum atomic E-state index is -0.124. The van der Waals surface area contributed by atoms with Crippen LogP contribution in [0.2, 0.25) is 0 Å². The minimum absolute atomic E-state index is 0.124. The summed E-state index contributed by atoms with van der Waals surface area (Å²) in [4.78, 5) is 0. The highest BCUT2D eigenvalue weighted by Gasteiger charge is 1.93. The average Bonchev–Trinajstić information content (AvgIpc) is 2.26. The van der Waals surface area contributed by atoms with E-state index < -0.39 is 0 Å². The maximum atomic E-state index is 12.5. The summed E-state index contributed by atoms with van der Waals surface area (Å²) in [6, 6.07) is 15.3. The van der Waals surface area contributed by atoms with Gasteiger partial charge in [0.1, 0.15) is 5.82 Å². The lowest BCUT2D eigenvalue weighted by molar-refractivity contribution is 0.618. The molecule has 0 nitrogen and oxygen atoms in total. The molecule has 2 aromatic carbocycles. The van der Waals surface area contributed by atoms with Crippen LogP contribution in [0.15, 0.2) is 48.5 Å². The predicted molar refractivity (Wildman–Crippen MR) is 67.1 cm³/mol. The molecule has 0 radical (unpaired) electrons. The number of rotatable bonds is 0. The second-order valence-electron chi connectivity index (χ2n) is 3.91. The Morgan fingerprint density at radius 1 is 0.750 bits per heavy atom. The van der Waals surface area contributed by atoms with E-state index in [-0.39, 0.29) is 5.82 Å². The molecule has 0 aliphatic rings. The maximum absolute atomic E-state index is 12.5. The molecule has 0 spiro atoms. The molecule has 0 atom stereocenters. The zero-order chi connectivity index (χ0) is 12.0. The number of halogens is 1. The summed E-state index contributed by atoms with van der Waals surface area (Å²) >= 11 is 0. The van der Waals surface area contributed by atoms with Crippen LogP contribution in [0.5, 0.6) is 0 Å². The Morgan fingerprint density at radius 2 is 1.38 bits per heavy atom. The predicted octanol–water partition coefficient (Wildman–Crippen LogP) is 4.44. The van der Waals surface area contributed by atoms with Crippen molar-refractivity contribution in [2.75, 3.05) is 0 Å². The van der Waals surface area contributed by atoms with Crippen LogP contribution in [0, 0.1) is 26.6 Å². The highest BCUT2D eigenvalue weighted by Crippen LogP contribution is 2.06. The first-order valence-corrected chi connectivity index (χ1v) is 5.34. The average molecular weight is 216 g/mol. The summed E-state index contributed by atoms with van der Waals surface area (Å²) in [5.74, 6) is -0.124. The molecule has 0 fully saturated rings. The van der Waals surface area contributed by atoms with Gasteiger partial charge in [0.15, 0.2) is 0 Å². The molecule has 84 valence electrons. The number of aryl methyl sites for hydroxylation is 3. The first-order chi connectivity index (χ1) is 7.59. The molecule has 1 heteroatoms. The number of hydrogen-bond donors (Lipinski definition) is 0. The lowest BCUT2D eigenvalue weighted by atomic mass is 10.1. The van der Waals surface area contributed by atoms with Gasteiger partial charge in [0.2, 0.25) is 0 Å². The van der Waals surface area contributed by atoms with Crippen LogP contribution in [-0.2, 0) is 0 Å². The lowest BCUT2D eigenvalue weighted by Crippen LogP contribution is -1.81. The highest BCUT2D eigenvalue weighted by molar-refractivity contribution is 5.22. The molecule has 0 heterocycles. The summed E-state index contributed by atoms with van der Waals surface area (Å²) in [7, 11) is 0. The molecule has 2 rings (SSSR count). The van der Waals surface area contributed by atoms with Gasteiger partial charge in [-0.15, -0.1) is 0 Å². The van der Waals surface area contributed by atoms with E-state index in [4.69, 9.17) is 0 Å². The fourth-order valence-corrected chi connectivity index (χ4v) is 1.33. The maximum Gasteiger partial charge on any atom is 0.126 e. The van der Waals surface area contributed by atoms with E-state index in [0.29, 0.717) is 0 Å². The van der Waals surface area contributed by atoms with E-state index in [0.717, 1.165) is 11.1 Å². The van der Waals surface area contributed by atoms with Crippen molar-refractivity contribution in [3.05, 3.63) is 71.0 Å². The Morgan fingerprint density at radius 3 is 1.75 bits per heavy atom. The third-order valence-electron chi connectivity index (χ3n) is 2.25. The molecule has 0 aliphatic heterocycles. The van der Waals surface area contributed by atoms with Crippen molar-refractivity contribution < 1.29 is 4.39 Å². The second kappa shape index (κ2) is 6.06. The summed E-state index contributed by atoms with van der Waals surface area (Å²) in [6.07, 6.45) is 0. The Labute approximate surface area is 96.8 Å².